The molecule has 0 radical (unpaired) electrons. The number of rotatable bonds is 2. The molecule has 1 aliphatic carbocycles. The van der Waals surface area contributed by atoms with Gasteiger partial charge in [0.1, 0.15) is 5.82 Å². The second-order valence-corrected chi connectivity index (χ2v) is 11.6. The van der Waals surface area contributed by atoms with Gasteiger partial charge in [-0.3, -0.25) is 9.69 Å². The number of halogens is 3. The van der Waals surface area contributed by atoms with Crippen molar-refractivity contribution in [1.82, 2.24) is 0 Å². The molecule has 2 N–H and O–H groups in total. The third kappa shape index (κ3) is 3.58. The Kier molecular flexibility index (Phi) is 5.52. The van der Waals surface area contributed by atoms with Crippen LogP contribution in [0.1, 0.15) is 37.5 Å². The molecular weight excluding hydrogens is 505 g/mol. The first-order chi connectivity index (χ1) is 14.1. The molecule has 0 fully saturated rings. The number of hydrogen-bond acceptors (Lipinski definition) is 5. The van der Waals surface area contributed by atoms with Crippen molar-refractivity contribution in [3.8, 4) is 6.07 Å². The fourth-order valence-corrected chi connectivity index (χ4v) is 6.25. The average Bonchev–Trinajstić information content (AvgIpc) is 3.07. The fourth-order valence-electron chi connectivity index (χ4n) is 4.21. The predicted octanol–water partition coefficient (Wildman–Crippen LogP) is 6.76. The minimum absolute atomic E-state index is 0.0334. The monoisotopic (exact) mass is 521 g/mol. The van der Waals surface area contributed by atoms with E-state index in [0.717, 1.165) is 14.4 Å². The second kappa shape index (κ2) is 7.72. The topological polar surface area (TPSA) is 70.1 Å². The van der Waals surface area contributed by atoms with Crippen molar-refractivity contribution in [3.05, 3.63) is 71.7 Å². The quantitative estimate of drug-likeness (QED) is 0.473. The van der Waals surface area contributed by atoms with Gasteiger partial charge < -0.3 is 5.73 Å². The number of nitrogens with zero attached hydrogens (tertiary/aromatic N) is 2. The van der Waals surface area contributed by atoms with Gasteiger partial charge in [0.15, 0.2) is 5.78 Å². The zero-order chi connectivity index (χ0) is 21.8. The zero-order valence-corrected chi connectivity index (χ0v) is 20.2. The Labute approximate surface area is 197 Å². The Hall–Kier alpha value is -1.78. The van der Waals surface area contributed by atoms with Crippen LogP contribution in [0.5, 0.6) is 0 Å². The summed E-state index contributed by atoms with van der Waals surface area (Å²) in [6.45, 7) is 4.12. The molecule has 1 unspecified atom stereocenters. The highest BCUT2D eigenvalue weighted by molar-refractivity contribution is 9.11. The van der Waals surface area contributed by atoms with Gasteiger partial charge in [0, 0.05) is 27.6 Å². The first-order valence-corrected chi connectivity index (χ1v) is 11.7. The van der Waals surface area contributed by atoms with E-state index in [9.17, 15) is 10.1 Å². The molecule has 30 heavy (non-hydrogen) atoms. The van der Waals surface area contributed by atoms with Crippen LogP contribution >= 0.6 is 50.5 Å². The Morgan fingerprint density at radius 3 is 2.60 bits per heavy atom. The van der Waals surface area contributed by atoms with Crippen LogP contribution in [-0.4, -0.2) is 5.78 Å². The number of Topliss-reactive ketones (excluding diaryl/α,β-unsaturated/α-hetero) is 1. The molecule has 0 spiro atoms. The number of carbonyl (C=O) groups excluding carboxylic acids is 1. The van der Waals surface area contributed by atoms with Gasteiger partial charge in [-0.05, 0) is 58.1 Å². The molecule has 1 aliphatic heterocycles. The Morgan fingerprint density at radius 1 is 1.27 bits per heavy atom. The van der Waals surface area contributed by atoms with E-state index < -0.39 is 5.92 Å². The molecule has 2 heterocycles. The molecule has 4 rings (SSSR count). The lowest BCUT2D eigenvalue weighted by atomic mass is 9.69. The molecule has 1 atom stereocenters. The lowest BCUT2D eigenvalue weighted by Gasteiger charge is -2.43. The highest BCUT2D eigenvalue weighted by Crippen LogP contribution is 2.52. The maximum Gasteiger partial charge on any atom is 0.162 e. The largest absolute Gasteiger partial charge is 0.384 e. The number of thiophene rings is 1. The Balaban J connectivity index is 2.02. The molecule has 2 aliphatic rings. The van der Waals surface area contributed by atoms with Crippen LogP contribution in [0.3, 0.4) is 0 Å². The maximum absolute atomic E-state index is 13.4. The number of carbonyl (C=O) groups is 1. The number of anilines is 1. The van der Waals surface area contributed by atoms with E-state index in [2.05, 4.69) is 35.8 Å². The Bertz CT molecular complexity index is 1180. The molecule has 1 aromatic carbocycles. The summed E-state index contributed by atoms with van der Waals surface area (Å²) in [4.78, 5) is 16.1. The lowest BCUT2D eigenvalue weighted by molar-refractivity contribution is -0.118. The SMILES string of the molecule is CC1(C)CC(=O)C2=C(C1)N(c1ccc(Cl)cc1Cl)C(N)=C(C#N)C2c1ccc(Br)s1. The molecule has 8 heteroatoms. The third-order valence-corrected chi connectivity index (χ3v) is 7.64. The van der Waals surface area contributed by atoms with Crippen LogP contribution in [0.2, 0.25) is 10.0 Å². The van der Waals surface area contributed by atoms with E-state index in [1.807, 2.05) is 12.1 Å². The van der Waals surface area contributed by atoms with E-state index in [1.54, 1.807) is 23.1 Å². The minimum atomic E-state index is -0.479. The van der Waals surface area contributed by atoms with E-state index in [4.69, 9.17) is 28.9 Å². The summed E-state index contributed by atoms with van der Waals surface area (Å²) in [5.74, 6) is -0.154. The predicted molar refractivity (Wildman–Crippen MR) is 126 cm³/mol. The summed E-state index contributed by atoms with van der Waals surface area (Å²) in [5.41, 5.74) is 8.73. The van der Waals surface area contributed by atoms with E-state index in [-0.39, 0.29) is 11.2 Å². The highest BCUT2D eigenvalue weighted by Gasteiger charge is 2.45. The summed E-state index contributed by atoms with van der Waals surface area (Å²) in [7, 11) is 0. The second-order valence-electron chi connectivity index (χ2n) is 8.22. The molecule has 1 aromatic heterocycles. The van der Waals surface area contributed by atoms with Gasteiger partial charge >= 0.3 is 0 Å². The molecule has 0 amide bonds. The standard InChI is InChI=1S/C22H18BrCl2N3OS/c1-22(2)8-15-20(16(29)9-22)19(17-5-6-18(23)30-17)12(10-26)21(27)28(15)14-4-3-11(24)7-13(14)25/h3-7,19H,8-9,27H2,1-2H3. The molecule has 0 bridgehead atoms. The maximum atomic E-state index is 13.4. The van der Waals surface area contributed by atoms with Crippen molar-refractivity contribution < 1.29 is 4.79 Å². The first-order valence-electron chi connectivity index (χ1n) is 9.29. The van der Waals surface area contributed by atoms with Crippen LogP contribution in [0.4, 0.5) is 5.69 Å². The number of nitrogens with two attached hydrogens (primary N) is 1. The van der Waals surface area contributed by atoms with Gasteiger partial charge in [-0.1, -0.05) is 37.0 Å². The smallest absolute Gasteiger partial charge is 0.162 e. The van der Waals surface area contributed by atoms with Crippen molar-refractivity contribution in [1.29, 1.82) is 5.26 Å². The van der Waals surface area contributed by atoms with Crippen molar-refractivity contribution in [2.75, 3.05) is 4.90 Å². The van der Waals surface area contributed by atoms with Gasteiger partial charge in [0.25, 0.3) is 0 Å². The third-order valence-electron chi connectivity index (χ3n) is 5.41. The van der Waals surface area contributed by atoms with Crippen LogP contribution in [0.25, 0.3) is 0 Å². The van der Waals surface area contributed by atoms with Gasteiger partial charge in [-0.2, -0.15) is 5.26 Å². The van der Waals surface area contributed by atoms with Crippen molar-refractivity contribution >= 4 is 61.9 Å². The van der Waals surface area contributed by atoms with Gasteiger partial charge in [0.05, 0.1) is 32.1 Å². The summed E-state index contributed by atoms with van der Waals surface area (Å²) >= 11 is 17.6. The number of allylic oxidation sites excluding steroid dienone is 3. The van der Waals surface area contributed by atoms with Crippen LogP contribution in [-0.2, 0) is 4.79 Å². The van der Waals surface area contributed by atoms with E-state index >= 15 is 0 Å². The summed E-state index contributed by atoms with van der Waals surface area (Å²) < 4.78 is 0.933. The van der Waals surface area contributed by atoms with E-state index in [1.165, 1.54) is 11.3 Å². The number of benzene rings is 1. The summed E-state index contributed by atoms with van der Waals surface area (Å²) in [5, 5.41) is 11.0. The van der Waals surface area contributed by atoms with Gasteiger partial charge in [-0.15, -0.1) is 11.3 Å². The van der Waals surface area contributed by atoms with Crippen LogP contribution < -0.4 is 10.6 Å². The normalized spacial score (nSPS) is 21.0. The summed E-state index contributed by atoms with van der Waals surface area (Å²) in [6.07, 6.45) is 1.05. The van der Waals surface area contributed by atoms with Gasteiger partial charge in [0.2, 0.25) is 0 Å². The van der Waals surface area contributed by atoms with Crippen LogP contribution in [0, 0.1) is 16.7 Å². The van der Waals surface area contributed by atoms with Crippen molar-refractivity contribution in [3.63, 3.8) is 0 Å². The molecule has 154 valence electrons. The zero-order valence-electron chi connectivity index (χ0n) is 16.3. The first kappa shape index (κ1) is 21.5. The van der Waals surface area contributed by atoms with E-state index in [0.29, 0.717) is 45.5 Å². The van der Waals surface area contributed by atoms with Crippen molar-refractivity contribution in [2.24, 2.45) is 11.1 Å². The number of nitriles is 1. The van der Waals surface area contributed by atoms with Crippen LogP contribution in [0.15, 0.2) is 56.8 Å². The Morgan fingerprint density at radius 2 is 2.00 bits per heavy atom. The minimum Gasteiger partial charge on any atom is -0.384 e. The summed E-state index contributed by atoms with van der Waals surface area (Å²) in [6, 6.07) is 11.3. The molecule has 0 saturated heterocycles. The molecule has 0 saturated carbocycles. The average molecular weight is 523 g/mol. The molecular formula is C22H18BrCl2N3OS. The molecule has 4 nitrogen and oxygen atoms in total. The number of hydrogen-bond donors (Lipinski definition) is 1. The fraction of sp³-hybridized carbons (Fsp3) is 0.273. The van der Waals surface area contributed by atoms with Gasteiger partial charge in [-0.25, -0.2) is 0 Å². The molecule has 2 aromatic rings. The van der Waals surface area contributed by atoms with Crippen molar-refractivity contribution in [2.45, 2.75) is 32.6 Å². The lowest BCUT2D eigenvalue weighted by Crippen LogP contribution is -2.42. The number of ketones is 1. The highest BCUT2D eigenvalue weighted by atomic mass is 79.9.